The predicted octanol–water partition coefficient (Wildman–Crippen LogP) is 7.56. The van der Waals surface area contributed by atoms with Crippen LogP contribution in [-0.2, 0) is 10.2 Å². The maximum absolute atomic E-state index is 12.6. The molecule has 0 atom stereocenters. The Hall–Kier alpha value is -3.16. The Labute approximate surface area is 237 Å². The van der Waals surface area contributed by atoms with Crippen LogP contribution in [0.15, 0.2) is 76.3 Å². The van der Waals surface area contributed by atoms with Crippen molar-refractivity contribution in [1.82, 2.24) is 5.43 Å². The number of esters is 1. The van der Waals surface area contributed by atoms with Crippen LogP contribution < -0.4 is 14.9 Å². The second kappa shape index (κ2) is 12.6. The lowest BCUT2D eigenvalue weighted by Gasteiger charge is -2.33. The minimum atomic E-state index is -0.599. The van der Waals surface area contributed by atoms with Gasteiger partial charge in [0, 0.05) is 10.0 Å². The molecule has 8 heteroatoms. The Morgan fingerprint density at radius 1 is 1.00 bits per heavy atom. The molecule has 3 rings (SSSR count). The number of carbonyl (C=O) groups is 2. The largest absolute Gasteiger partial charge is 0.484 e. The minimum Gasteiger partial charge on any atom is -0.484 e. The smallest absolute Gasteiger partial charge is 0.345 e. The molecule has 0 aliphatic heterocycles. The van der Waals surface area contributed by atoms with Crippen molar-refractivity contribution in [3.8, 4) is 11.5 Å². The fourth-order valence-corrected chi connectivity index (χ4v) is 4.87. The van der Waals surface area contributed by atoms with Crippen LogP contribution in [0.2, 0.25) is 5.02 Å². The molecule has 1 N–H and O–H groups in total. The van der Waals surface area contributed by atoms with Crippen LogP contribution in [0.5, 0.6) is 11.5 Å². The normalized spacial score (nSPS) is 11.9. The van der Waals surface area contributed by atoms with Crippen LogP contribution >= 0.6 is 27.5 Å². The van der Waals surface area contributed by atoms with Gasteiger partial charge >= 0.3 is 5.97 Å². The van der Waals surface area contributed by atoms with Crippen molar-refractivity contribution in [2.75, 3.05) is 6.61 Å². The highest BCUT2D eigenvalue weighted by atomic mass is 79.9. The van der Waals surface area contributed by atoms with Gasteiger partial charge in [0.05, 0.1) is 16.8 Å². The fraction of sp³-hybridized carbons (Fsp3) is 0.300. The first-order chi connectivity index (χ1) is 17.8. The van der Waals surface area contributed by atoms with Crippen LogP contribution in [0, 0.1) is 5.41 Å². The quantitative estimate of drug-likeness (QED) is 0.119. The third kappa shape index (κ3) is 8.71. The number of hydrazone groups is 1. The van der Waals surface area contributed by atoms with Crippen molar-refractivity contribution >= 4 is 45.6 Å². The Morgan fingerprint density at radius 2 is 1.68 bits per heavy atom. The number of nitrogens with one attached hydrogen (secondary N) is 1. The summed E-state index contributed by atoms with van der Waals surface area (Å²) in [6.07, 6.45) is 2.43. The van der Waals surface area contributed by atoms with Crippen LogP contribution in [0.4, 0.5) is 0 Å². The maximum Gasteiger partial charge on any atom is 0.345 e. The lowest BCUT2D eigenvalue weighted by molar-refractivity contribution is -0.123. The standard InChI is InChI=1S/C30H32BrClN2O4/c1-29(2,3)19-30(4,5)21-10-13-23(14-11-21)37-18-27(35)34-33-17-20-16-22(31)12-15-26(20)38-28(36)24-8-6-7-9-25(24)32/h6-17H,18-19H2,1-5H3,(H,34,35)/b33-17-. The Bertz CT molecular complexity index is 1310. The van der Waals surface area contributed by atoms with Gasteiger partial charge in [0.1, 0.15) is 11.5 Å². The van der Waals surface area contributed by atoms with Crippen molar-refractivity contribution in [3.05, 3.63) is 92.9 Å². The molecule has 0 saturated carbocycles. The van der Waals surface area contributed by atoms with Crippen LogP contribution in [0.25, 0.3) is 0 Å². The molecule has 6 nitrogen and oxygen atoms in total. The molecule has 38 heavy (non-hydrogen) atoms. The monoisotopic (exact) mass is 598 g/mol. The summed E-state index contributed by atoms with van der Waals surface area (Å²) in [5.41, 5.74) is 4.61. The van der Waals surface area contributed by atoms with Crippen molar-refractivity contribution in [1.29, 1.82) is 0 Å². The molecule has 0 spiro atoms. The lowest BCUT2D eigenvalue weighted by Crippen LogP contribution is -2.25. The topological polar surface area (TPSA) is 77.0 Å². The van der Waals surface area contributed by atoms with Crippen LogP contribution in [-0.4, -0.2) is 24.7 Å². The van der Waals surface area contributed by atoms with Crippen molar-refractivity contribution in [3.63, 3.8) is 0 Å². The average molecular weight is 600 g/mol. The number of ether oxygens (including phenoxy) is 2. The maximum atomic E-state index is 12.6. The van der Waals surface area contributed by atoms with E-state index in [1.165, 1.54) is 11.8 Å². The second-order valence-electron chi connectivity index (χ2n) is 10.8. The van der Waals surface area contributed by atoms with E-state index in [1.807, 2.05) is 24.3 Å². The number of carbonyl (C=O) groups excluding carboxylic acids is 2. The van der Waals surface area contributed by atoms with Crippen molar-refractivity contribution in [2.45, 2.75) is 46.5 Å². The molecule has 0 saturated heterocycles. The first-order valence-corrected chi connectivity index (χ1v) is 13.3. The molecule has 1 amide bonds. The summed E-state index contributed by atoms with van der Waals surface area (Å²) < 4.78 is 11.9. The predicted molar refractivity (Wildman–Crippen MR) is 155 cm³/mol. The third-order valence-electron chi connectivity index (χ3n) is 5.64. The van der Waals surface area contributed by atoms with Crippen LogP contribution in [0.1, 0.15) is 62.5 Å². The molecule has 3 aromatic rings. The third-order valence-corrected chi connectivity index (χ3v) is 6.46. The molecular weight excluding hydrogens is 568 g/mol. The van der Waals surface area contributed by atoms with E-state index in [-0.39, 0.29) is 28.7 Å². The molecule has 0 unspecified atom stereocenters. The van der Waals surface area contributed by atoms with Gasteiger partial charge in [0.25, 0.3) is 5.91 Å². The molecule has 3 aromatic carbocycles. The molecule has 0 fully saturated rings. The molecule has 0 aliphatic rings. The van der Waals surface area contributed by atoms with E-state index in [1.54, 1.807) is 42.5 Å². The molecule has 200 valence electrons. The number of rotatable bonds is 9. The van der Waals surface area contributed by atoms with E-state index in [0.717, 1.165) is 10.9 Å². The van der Waals surface area contributed by atoms with E-state index in [4.69, 9.17) is 21.1 Å². The highest BCUT2D eigenvalue weighted by molar-refractivity contribution is 9.10. The molecule has 0 heterocycles. The van der Waals surface area contributed by atoms with Gasteiger partial charge in [-0.15, -0.1) is 0 Å². The number of halogens is 2. The molecule has 0 aliphatic carbocycles. The van der Waals surface area contributed by atoms with E-state index < -0.39 is 11.9 Å². The minimum absolute atomic E-state index is 0.0237. The summed E-state index contributed by atoms with van der Waals surface area (Å²) in [5.74, 6) is -0.164. The lowest BCUT2D eigenvalue weighted by atomic mass is 9.72. The molecule has 0 radical (unpaired) electrons. The van der Waals surface area contributed by atoms with Gasteiger partial charge in [-0.05, 0) is 65.3 Å². The summed E-state index contributed by atoms with van der Waals surface area (Å²) >= 11 is 9.49. The summed E-state index contributed by atoms with van der Waals surface area (Å²) in [4.78, 5) is 24.8. The summed E-state index contributed by atoms with van der Waals surface area (Å²) in [6, 6.07) is 19.5. The average Bonchev–Trinajstić information content (AvgIpc) is 2.83. The Kier molecular flexibility index (Phi) is 9.74. The highest BCUT2D eigenvalue weighted by Gasteiger charge is 2.27. The van der Waals surface area contributed by atoms with E-state index in [9.17, 15) is 9.59 Å². The SMILES string of the molecule is CC(C)(C)CC(C)(C)c1ccc(OCC(=O)N/N=C\c2cc(Br)ccc2OC(=O)c2ccccc2Cl)cc1. The zero-order valence-electron chi connectivity index (χ0n) is 22.2. The van der Waals surface area contributed by atoms with E-state index >= 15 is 0 Å². The number of amides is 1. The van der Waals surface area contributed by atoms with Gasteiger partial charge in [-0.3, -0.25) is 4.79 Å². The molecule has 0 aromatic heterocycles. The first kappa shape index (κ1) is 29.4. The Morgan fingerprint density at radius 3 is 2.34 bits per heavy atom. The van der Waals surface area contributed by atoms with Gasteiger partial charge in [0.2, 0.25) is 0 Å². The number of benzene rings is 3. The van der Waals surface area contributed by atoms with E-state index in [0.29, 0.717) is 16.3 Å². The zero-order valence-corrected chi connectivity index (χ0v) is 24.5. The molecular formula is C30H32BrClN2O4. The molecule has 0 bridgehead atoms. The second-order valence-corrected chi connectivity index (χ2v) is 12.1. The van der Waals surface area contributed by atoms with Gasteiger partial charge in [-0.2, -0.15) is 5.10 Å². The van der Waals surface area contributed by atoms with Crippen molar-refractivity contribution < 1.29 is 19.1 Å². The Balaban J connectivity index is 1.57. The summed E-state index contributed by atoms with van der Waals surface area (Å²) in [5, 5.41) is 4.28. The number of hydrogen-bond acceptors (Lipinski definition) is 5. The van der Waals surface area contributed by atoms with Gasteiger partial charge in [-0.1, -0.05) is 86.4 Å². The zero-order chi connectivity index (χ0) is 27.9. The summed E-state index contributed by atoms with van der Waals surface area (Å²) in [6.45, 7) is 11.0. The summed E-state index contributed by atoms with van der Waals surface area (Å²) in [7, 11) is 0. The van der Waals surface area contributed by atoms with E-state index in [2.05, 4.69) is 61.1 Å². The van der Waals surface area contributed by atoms with Crippen LogP contribution in [0.3, 0.4) is 0 Å². The van der Waals surface area contributed by atoms with Gasteiger partial charge in [0.15, 0.2) is 6.61 Å². The first-order valence-electron chi connectivity index (χ1n) is 12.2. The fourth-order valence-electron chi connectivity index (χ4n) is 4.28. The number of nitrogens with zero attached hydrogens (tertiary/aromatic N) is 1. The van der Waals surface area contributed by atoms with Crippen molar-refractivity contribution in [2.24, 2.45) is 10.5 Å². The van der Waals surface area contributed by atoms with Gasteiger partial charge in [-0.25, -0.2) is 10.2 Å². The number of hydrogen-bond donors (Lipinski definition) is 1. The highest BCUT2D eigenvalue weighted by Crippen LogP contribution is 2.36. The van der Waals surface area contributed by atoms with Gasteiger partial charge < -0.3 is 9.47 Å².